The van der Waals surface area contributed by atoms with Gasteiger partial charge in [-0.25, -0.2) is 9.79 Å². The molecule has 0 saturated heterocycles. The number of hydrogen-bond acceptors (Lipinski definition) is 3. The summed E-state index contributed by atoms with van der Waals surface area (Å²) in [4.78, 5) is 16.1. The zero-order chi connectivity index (χ0) is 4.50. The van der Waals surface area contributed by atoms with Gasteiger partial charge in [0.15, 0.2) is 0 Å². The maximum Gasteiger partial charge on any atom is 0.320 e. The van der Waals surface area contributed by atoms with E-state index in [0.29, 0.717) is 0 Å². The van der Waals surface area contributed by atoms with Crippen molar-refractivity contribution >= 4 is 19.2 Å². The van der Waals surface area contributed by atoms with Gasteiger partial charge in [0.1, 0.15) is 6.66 Å². The molecule has 0 aliphatic rings. The fraction of sp³-hybridized carbons (Fsp3) is 1.00. The van der Waals surface area contributed by atoms with E-state index in [9.17, 15) is 0 Å². The molecule has 0 heterocycles. The largest absolute Gasteiger partial charge is 0.320 e. The Hall–Kier alpha value is 0.700. The second-order valence-electron chi connectivity index (χ2n) is 0.868. The minimum Gasteiger partial charge on any atom is -0.209 e. The van der Waals surface area contributed by atoms with E-state index in [1.165, 1.54) is 6.66 Å². The third kappa shape index (κ3) is 69.9. The maximum absolute atomic E-state index is 8.05. The van der Waals surface area contributed by atoms with E-state index in [4.69, 9.17) is 9.79 Å². The van der Waals surface area contributed by atoms with Crippen LogP contribution in [0.3, 0.4) is 0 Å². The second kappa shape index (κ2) is 1.43. The van der Waals surface area contributed by atoms with Crippen LogP contribution in [0.25, 0.3) is 0 Å². The quantitative estimate of drug-likeness (QED) is 0.312. The first kappa shape index (κ1) is 5.70. The van der Waals surface area contributed by atoms with Crippen LogP contribution in [0.1, 0.15) is 0 Å². The van der Waals surface area contributed by atoms with E-state index in [2.05, 4.69) is 12.2 Å². The molecule has 0 aliphatic carbocycles. The smallest absolute Gasteiger partial charge is 0.209 e. The summed E-state index contributed by atoms with van der Waals surface area (Å²) in [6.45, 7) is -1.42. The van der Waals surface area contributed by atoms with Gasteiger partial charge < -0.3 is 0 Å². The van der Waals surface area contributed by atoms with Crippen LogP contribution in [0.2, 0.25) is 0 Å². The summed E-state index contributed by atoms with van der Waals surface area (Å²) >= 11 is 3.34. The van der Waals surface area contributed by atoms with Crippen LogP contribution >= 0.6 is 19.2 Å². The average molecular weight is 113 g/mol. The van der Waals surface area contributed by atoms with Crippen LogP contribution in [0.5, 0.6) is 0 Å². The summed E-state index contributed by atoms with van der Waals surface area (Å²) in [7, 11) is 0. The van der Waals surface area contributed by atoms with E-state index in [1.54, 1.807) is 0 Å². The summed E-state index contributed by atoms with van der Waals surface area (Å²) in [5.74, 6) is 0. The highest BCUT2D eigenvalue weighted by atomic mass is 32.7. The molecule has 0 bridgehead atoms. The average Bonchev–Trinajstić information content (AvgIpc) is 0.722. The molecular formula is CH6O2PS+. The highest BCUT2D eigenvalue weighted by molar-refractivity contribution is 8.48. The Morgan fingerprint density at radius 1 is 1.60 bits per heavy atom. The first-order valence-electron chi connectivity index (χ1n) is 1.05. The monoisotopic (exact) mass is 113 g/mol. The van der Waals surface area contributed by atoms with Gasteiger partial charge in [-0.3, -0.25) is 0 Å². The summed E-state index contributed by atoms with van der Waals surface area (Å²) in [6, 6.07) is 0. The molecular weight excluding hydrogens is 107 g/mol. The van der Waals surface area contributed by atoms with Gasteiger partial charge in [-0.2, -0.15) is 0 Å². The maximum atomic E-state index is 8.05. The zero-order valence-corrected chi connectivity index (χ0v) is 4.58. The Bertz CT molecular complexity index is 25.1. The van der Waals surface area contributed by atoms with Gasteiger partial charge in [-0.15, -0.1) is 0 Å². The van der Waals surface area contributed by atoms with E-state index < -0.39 is 6.92 Å². The molecule has 5 heavy (non-hydrogen) atoms. The Labute approximate surface area is 36.5 Å². The van der Waals surface area contributed by atoms with E-state index in [0.717, 1.165) is 0 Å². The Morgan fingerprint density at radius 3 is 1.60 bits per heavy atom. The van der Waals surface area contributed by atoms with Crippen molar-refractivity contribution in [3.63, 3.8) is 0 Å². The molecule has 0 amide bonds. The van der Waals surface area contributed by atoms with Gasteiger partial charge in [0.25, 0.3) is 0 Å². The minimum absolute atomic E-state index is 1.27. The summed E-state index contributed by atoms with van der Waals surface area (Å²) in [6.07, 6.45) is 0. The van der Waals surface area contributed by atoms with Gasteiger partial charge in [0.2, 0.25) is 0 Å². The predicted octanol–water partition coefficient (Wildman–Crippen LogP) is 0.293. The molecule has 0 radical (unpaired) electrons. The molecule has 2 nitrogen and oxygen atoms in total. The van der Waals surface area contributed by atoms with E-state index in [1.807, 2.05) is 0 Å². The molecule has 0 aromatic carbocycles. The molecule has 0 aromatic rings. The minimum atomic E-state index is -2.69. The lowest BCUT2D eigenvalue weighted by atomic mass is 12.0. The SMILES string of the molecule is C[P+](O)(O)S. The van der Waals surface area contributed by atoms with Gasteiger partial charge >= 0.3 is 6.92 Å². The van der Waals surface area contributed by atoms with Crippen molar-refractivity contribution in [1.82, 2.24) is 0 Å². The van der Waals surface area contributed by atoms with Crippen LogP contribution in [-0.4, -0.2) is 16.5 Å². The van der Waals surface area contributed by atoms with Crippen molar-refractivity contribution < 1.29 is 9.79 Å². The summed E-state index contributed by atoms with van der Waals surface area (Å²) in [5.41, 5.74) is 0. The van der Waals surface area contributed by atoms with Crippen LogP contribution in [0.4, 0.5) is 0 Å². The number of rotatable bonds is 0. The molecule has 0 rings (SSSR count). The lowest BCUT2D eigenvalue weighted by molar-refractivity contribution is 0.484. The highest BCUT2D eigenvalue weighted by Gasteiger charge is 2.14. The standard InChI is InChI=1S/CH6O2PS/c1-4(2,3)5/h2-3,5H,1H3/q+1. The van der Waals surface area contributed by atoms with Crippen LogP contribution in [0.15, 0.2) is 0 Å². The van der Waals surface area contributed by atoms with Crippen LogP contribution in [0, 0.1) is 0 Å². The molecule has 4 heteroatoms. The molecule has 2 N–H and O–H groups in total. The Kier molecular flexibility index (Phi) is 1.63. The van der Waals surface area contributed by atoms with Gasteiger partial charge in [0, 0.05) is 0 Å². The van der Waals surface area contributed by atoms with Gasteiger partial charge in [0.05, 0.1) is 12.2 Å². The molecule has 0 unspecified atom stereocenters. The fourth-order valence-electron chi connectivity index (χ4n) is 0. The van der Waals surface area contributed by atoms with Crippen molar-refractivity contribution in [2.45, 2.75) is 0 Å². The van der Waals surface area contributed by atoms with Crippen LogP contribution < -0.4 is 0 Å². The summed E-state index contributed by atoms with van der Waals surface area (Å²) in [5, 5.41) is 0. The molecule has 0 aromatic heterocycles. The lowest BCUT2D eigenvalue weighted by Gasteiger charge is -1.88. The van der Waals surface area contributed by atoms with E-state index in [-0.39, 0.29) is 0 Å². The Morgan fingerprint density at radius 2 is 1.60 bits per heavy atom. The van der Waals surface area contributed by atoms with Crippen molar-refractivity contribution in [1.29, 1.82) is 0 Å². The molecule has 0 spiro atoms. The predicted molar refractivity (Wildman–Crippen MR) is 26.3 cm³/mol. The zero-order valence-electron chi connectivity index (χ0n) is 2.79. The summed E-state index contributed by atoms with van der Waals surface area (Å²) < 4.78 is 0. The highest BCUT2D eigenvalue weighted by Crippen LogP contribution is 2.49. The van der Waals surface area contributed by atoms with Crippen LogP contribution in [-0.2, 0) is 0 Å². The molecule has 0 atom stereocenters. The molecule has 0 fully saturated rings. The number of thiol groups is 1. The van der Waals surface area contributed by atoms with Crippen molar-refractivity contribution in [3.8, 4) is 0 Å². The molecule has 0 saturated carbocycles. The number of hydrogen-bond donors (Lipinski definition) is 3. The van der Waals surface area contributed by atoms with E-state index >= 15 is 0 Å². The topological polar surface area (TPSA) is 40.5 Å². The fourth-order valence-corrected chi connectivity index (χ4v) is 0. The van der Waals surface area contributed by atoms with Crippen molar-refractivity contribution in [2.75, 3.05) is 6.66 Å². The second-order valence-corrected chi connectivity index (χ2v) is 4.88. The molecule has 0 aliphatic heterocycles. The Balaban J connectivity index is 3.02. The van der Waals surface area contributed by atoms with Crippen molar-refractivity contribution in [3.05, 3.63) is 0 Å². The van der Waals surface area contributed by atoms with Gasteiger partial charge in [-0.1, -0.05) is 0 Å². The first-order valence-corrected chi connectivity index (χ1v) is 4.34. The third-order valence-corrected chi connectivity index (χ3v) is 0. The van der Waals surface area contributed by atoms with Crippen molar-refractivity contribution in [2.24, 2.45) is 0 Å². The van der Waals surface area contributed by atoms with Gasteiger partial charge in [-0.05, 0) is 0 Å². The normalized spacial score (nSPS) is 12.0. The third-order valence-electron chi connectivity index (χ3n) is 0. The lowest BCUT2D eigenvalue weighted by Crippen LogP contribution is -1.68. The first-order chi connectivity index (χ1) is 2.00. The molecule has 32 valence electrons.